The Morgan fingerprint density at radius 3 is 2.78 bits per heavy atom. The molecule has 27 heavy (non-hydrogen) atoms. The molecule has 2 N–H and O–H groups in total. The van der Waals surface area contributed by atoms with Crippen LogP contribution >= 0.6 is 0 Å². The van der Waals surface area contributed by atoms with Gasteiger partial charge >= 0.3 is 5.97 Å². The maximum atomic E-state index is 14.1. The lowest BCUT2D eigenvalue weighted by Crippen LogP contribution is -2.49. The summed E-state index contributed by atoms with van der Waals surface area (Å²) in [6.45, 7) is 3.11. The second kappa shape index (κ2) is 8.34. The number of hydrogen-bond acceptors (Lipinski definition) is 7. The van der Waals surface area contributed by atoms with Gasteiger partial charge in [-0.2, -0.15) is 0 Å². The molecule has 1 amide bonds. The zero-order valence-electron chi connectivity index (χ0n) is 15.3. The number of hydrogen-bond donors (Lipinski definition) is 2. The fraction of sp³-hybridized carbons (Fsp3) is 0.500. The number of carbonyl (C=O) groups excluding carboxylic acids is 2. The molecule has 1 aromatic heterocycles. The van der Waals surface area contributed by atoms with Crippen LogP contribution in [0.2, 0.25) is 0 Å². The SMILES string of the molecule is CCOC(=O)C1CCN(C(=O)C2C=C(c3cc(OC)ncc3F)NN2)CC1. The standard InChI is InChI=1S/C18H23FN4O4/c1-3-27-18(25)11-4-6-23(7-5-11)17(24)15-9-14(21-22-15)12-8-16(26-2)20-10-13(12)19/h8-11,15,21-22H,3-7H2,1-2H3. The summed E-state index contributed by atoms with van der Waals surface area (Å²) in [5.74, 6) is -0.714. The highest BCUT2D eigenvalue weighted by Crippen LogP contribution is 2.24. The smallest absolute Gasteiger partial charge is 0.309 e. The van der Waals surface area contributed by atoms with Crippen LogP contribution in [0.25, 0.3) is 5.70 Å². The molecule has 1 atom stereocenters. The van der Waals surface area contributed by atoms with Crippen LogP contribution < -0.4 is 15.6 Å². The molecule has 1 unspecified atom stereocenters. The number of amides is 1. The van der Waals surface area contributed by atoms with E-state index >= 15 is 0 Å². The Hall–Kier alpha value is -2.68. The minimum Gasteiger partial charge on any atom is -0.481 e. The van der Waals surface area contributed by atoms with E-state index in [1.54, 1.807) is 17.9 Å². The predicted molar refractivity (Wildman–Crippen MR) is 94.7 cm³/mol. The number of methoxy groups -OCH3 is 1. The molecule has 0 aliphatic carbocycles. The first-order valence-electron chi connectivity index (χ1n) is 8.92. The normalized spacial score (nSPS) is 20.0. The number of halogens is 1. The summed E-state index contributed by atoms with van der Waals surface area (Å²) in [4.78, 5) is 30.0. The number of esters is 1. The number of hydrazine groups is 1. The van der Waals surface area contributed by atoms with E-state index in [9.17, 15) is 14.0 Å². The lowest BCUT2D eigenvalue weighted by atomic mass is 9.96. The number of piperidine rings is 1. The van der Waals surface area contributed by atoms with E-state index < -0.39 is 11.9 Å². The largest absolute Gasteiger partial charge is 0.481 e. The molecule has 0 spiro atoms. The monoisotopic (exact) mass is 378 g/mol. The third-order valence-electron chi connectivity index (χ3n) is 4.72. The van der Waals surface area contributed by atoms with Gasteiger partial charge in [-0.3, -0.25) is 9.59 Å². The minimum absolute atomic E-state index is 0.124. The van der Waals surface area contributed by atoms with Crippen molar-refractivity contribution in [3.05, 3.63) is 29.7 Å². The van der Waals surface area contributed by atoms with Gasteiger partial charge in [-0.1, -0.05) is 0 Å². The lowest BCUT2D eigenvalue weighted by molar-refractivity contribution is -0.151. The maximum absolute atomic E-state index is 14.1. The number of rotatable bonds is 5. The van der Waals surface area contributed by atoms with Gasteiger partial charge in [0.2, 0.25) is 11.8 Å². The van der Waals surface area contributed by atoms with Gasteiger partial charge in [0.1, 0.15) is 6.04 Å². The number of aromatic nitrogens is 1. The Labute approximate surface area is 156 Å². The molecule has 3 rings (SSSR count). The van der Waals surface area contributed by atoms with Gasteiger partial charge in [0.15, 0.2) is 5.82 Å². The molecule has 0 radical (unpaired) electrons. The first-order valence-corrected chi connectivity index (χ1v) is 8.92. The summed E-state index contributed by atoms with van der Waals surface area (Å²) in [7, 11) is 1.45. The van der Waals surface area contributed by atoms with Crippen LogP contribution in [0, 0.1) is 11.7 Å². The van der Waals surface area contributed by atoms with E-state index in [1.165, 1.54) is 13.2 Å². The third kappa shape index (κ3) is 4.19. The summed E-state index contributed by atoms with van der Waals surface area (Å²) < 4.78 is 24.1. The van der Waals surface area contributed by atoms with Crippen molar-refractivity contribution in [1.29, 1.82) is 0 Å². The van der Waals surface area contributed by atoms with Crippen molar-refractivity contribution in [2.45, 2.75) is 25.8 Å². The van der Waals surface area contributed by atoms with E-state index in [2.05, 4.69) is 15.8 Å². The molecule has 146 valence electrons. The molecule has 1 fully saturated rings. The van der Waals surface area contributed by atoms with E-state index in [0.717, 1.165) is 6.20 Å². The topological polar surface area (TPSA) is 92.8 Å². The highest BCUT2D eigenvalue weighted by molar-refractivity contribution is 5.88. The number of nitrogens with zero attached hydrogens (tertiary/aromatic N) is 2. The van der Waals surface area contributed by atoms with Crippen LogP contribution in [-0.2, 0) is 14.3 Å². The first-order chi connectivity index (χ1) is 13.0. The van der Waals surface area contributed by atoms with Gasteiger partial charge in [-0.25, -0.2) is 14.8 Å². The number of carbonyl (C=O) groups is 2. The molecule has 1 saturated heterocycles. The van der Waals surface area contributed by atoms with Crippen molar-refractivity contribution in [2.75, 3.05) is 26.8 Å². The molecule has 3 heterocycles. The zero-order valence-corrected chi connectivity index (χ0v) is 15.3. The summed E-state index contributed by atoms with van der Waals surface area (Å²) in [5, 5.41) is 0. The molecule has 0 saturated carbocycles. The first kappa shape index (κ1) is 19.1. The molecular formula is C18H23FN4O4. The number of pyridine rings is 1. The van der Waals surface area contributed by atoms with Crippen LogP contribution in [-0.4, -0.2) is 54.6 Å². The third-order valence-corrected chi connectivity index (χ3v) is 4.72. The van der Waals surface area contributed by atoms with Crippen LogP contribution in [0.15, 0.2) is 18.3 Å². The molecule has 9 heteroatoms. The fourth-order valence-corrected chi connectivity index (χ4v) is 3.23. The van der Waals surface area contributed by atoms with Crippen molar-refractivity contribution in [3.8, 4) is 5.88 Å². The summed E-state index contributed by atoms with van der Waals surface area (Å²) >= 11 is 0. The minimum atomic E-state index is -0.613. The molecule has 8 nitrogen and oxygen atoms in total. The van der Waals surface area contributed by atoms with Gasteiger partial charge in [-0.05, 0) is 25.8 Å². The van der Waals surface area contributed by atoms with E-state index in [0.29, 0.717) is 38.2 Å². The Bertz CT molecular complexity index is 747. The maximum Gasteiger partial charge on any atom is 0.309 e. The molecule has 1 aromatic rings. The van der Waals surface area contributed by atoms with Gasteiger partial charge in [0, 0.05) is 24.7 Å². The van der Waals surface area contributed by atoms with Crippen molar-refractivity contribution in [2.24, 2.45) is 5.92 Å². The van der Waals surface area contributed by atoms with Crippen molar-refractivity contribution >= 4 is 17.6 Å². The van der Waals surface area contributed by atoms with Crippen LogP contribution in [0.5, 0.6) is 5.88 Å². The summed E-state index contributed by atoms with van der Waals surface area (Å²) in [6.07, 6.45) is 3.87. The lowest BCUT2D eigenvalue weighted by Gasteiger charge is -2.32. The van der Waals surface area contributed by atoms with Crippen LogP contribution in [0.3, 0.4) is 0 Å². The second-order valence-corrected chi connectivity index (χ2v) is 6.39. The summed E-state index contributed by atoms with van der Waals surface area (Å²) in [6, 6.07) is 0.853. The highest BCUT2D eigenvalue weighted by Gasteiger charge is 2.32. The molecule has 0 bridgehead atoms. The van der Waals surface area contributed by atoms with E-state index in [-0.39, 0.29) is 29.2 Å². The Kier molecular flexibility index (Phi) is 5.90. The van der Waals surface area contributed by atoms with Gasteiger partial charge in [0.05, 0.1) is 31.5 Å². The van der Waals surface area contributed by atoms with Gasteiger partial charge in [0.25, 0.3) is 0 Å². The average molecular weight is 378 g/mol. The Morgan fingerprint density at radius 1 is 1.37 bits per heavy atom. The molecule has 2 aliphatic heterocycles. The van der Waals surface area contributed by atoms with Gasteiger partial charge < -0.3 is 19.8 Å². The van der Waals surface area contributed by atoms with E-state index in [4.69, 9.17) is 9.47 Å². The molecular weight excluding hydrogens is 355 g/mol. The predicted octanol–water partition coefficient (Wildman–Crippen LogP) is 0.848. The zero-order chi connectivity index (χ0) is 19.4. The average Bonchev–Trinajstić information content (AvgIpc) is 3.18. The van der Waals surface area contributed by atoms with Crippen molar-refractivity contribution in [3.63, 3.8) is 0 Å². The number of ether oxygens (including phenoxy) is 2. The second-order valence-electron chi connectivity index (χ2n) is 6.39. The quantitative estimate of drug-likeness (QED) is 0.734. The molecule has 2 aliphatic rings. The van der Waals surface area contributed by atoms with Crippen molar-refractivity contribution < 1.29 is 23.5 Å². The van der Waals surface area contributed by atoms with Crippen molar-refractivity contribution in [1.82, 2.24) is 20.7 Å². The van der Waals surface area contributed by atoms with Crippen LogP contribution in [0.4, 0.5) is 4.39 Å². The molecule has 0 aromatic carbocycles. The summed E-state index contributed by atoms with van der Waals surface area (Å²) in [5.41, 5.74) is 6.43. The number of likely N-dealkylation sites (tertiary alicyclic amines) is 1. The van der Waals surface area contributed by atoms with Gasteiger partial charge in [-0.15, -0.1) is 0 Å². The Balaban J connectivity index is 1.63. The highest BCUT2D eigenvalue weighted by atomic mass is 19.1. The van der Waals surface area contributed by atoms with E-state index in [1.807, 2.05) is 0 Å². The fourth-order valence-electron chi connectivity index (χ4n) is 3.23. The van der Waals surface area contributed by atoms with Crippen LogP contribution in [0.1, 0.15) is 25.3 Å². The number of nitrogens with one attached hydrogen (secondary N) is 2. The Morgan fingerprint density at radius 2 is 2.11 bits per heavy atom.